The van der Waals surface area contributed by atoms with Crippen LogP contribution < -0.4 is 5.73 Å². The van der Waals surface area contributed by atoms with Crippen molar-refractivity contribution in [2.75, 3.05) is 13.2 Å². The summed E-state index contributed by atoms with van der Waals surface area (Å²) >= 11 is 0. The highest BCUT2D eigenvalue weighted by molar-refractivity contribution is 5.86. The van der Waals surface area contributed by atoms with Crippen LogP contribution in [0.3, 0.4) is 0 Å². The van der Waals surface area contributed by atoms with Gasteiger partial charge in [0.05, 0.1) is 6.61 Å². The Kier molecular flexibility index (Phi) is 6.11. The fourth-order valence-corrected chi connectivity index (χ4v) is 1.07. The number of carbonyl (C=O) groups is 1. The lowest BCUT2D eigenvalue weighted by atomic mass is 10.2. The molecular weight excluding hydrogens is 230 g/mol. The molecule has 98 valence electrons. The van der Waals surface area contributed by atoms with Gasteiger partial charge < -0.3 is 15.2 Å². The van der Waals surface area contributed by atoms with E-state index in [1.165, 1.54) is 5.56 Å². The molecule has 1 fully saturated rings. The van der Waals surface area contributed by atoms with Gasteiger partial charge in [-0.3, -0.25) is 0 Å². The molecule has 18 heavy (non-hydrogen) atoms. The number of ether oxygens (including phenoxy) is 2. The minimum absolute atomic E-state index is 0.142. The Hall–Kier alpha value is -1.65. The summed E-state index contributed by atoms with van der Waals surface area (Å²) in [5.74, 6) is -0.337. The van der Waals surface area contributed by atoms with Crippen LogP contribution in [0.5, 0.6) is 0 Å². The van der Waals surface area contributed by atoms with Gasteiger partial charge in [0.25, 0.3) is 0 Å². The zero-order chi connectivity index (χ0) is 13.4. The first-order valence-electron chi connectivity index (χ1n) is 5.81. The third-order valence-corrected chi connectivity index (χ3v) is 2.23. The quantitative estimate of drug-likeness (QED) is 0.500. The van der Waals surface area contributed by atoms with E-state index >= 15 is 0 Å². The van der Waals surface area contributed by atoms with Gasteiger partial charge in [-0.25, -0.2) is 4.79 Å². The first-order chi connectivity index (χ1) is 8.63. The average Bonchev–Trinajstić information content (AvgIpc) is 3.21. The summed E-state index contributed by atoms with van der Waals surface area (Å²) in [5.41, 5.74) is 6.97. The van der Waals surface area contributed by atoms with Gasteiger partial charge in [0.15, 0.2) is 0 Å². The van der Waals surface area contributed by atoms with Crippen LogP contribution in [0.1, 0.15) is 12.5 Å². The molecule has 4 nitrogen and oxygen atoms in total. The zero-order valence-electron chi connectivity index (χ0n) is 10.6. The number of hydrogen-bond acceptors (Lipinski definition) is 4. The average molecular weight is 249 g/mol. The predicted molar refractivity (Wildman–Crippen MR) is 69.8 cm³/mol. The normalized spacial score (nSPS) is 16.2. The van der Waals surface area contributed by atoms with E-state index < -0.39 is 0 Å². The van der Waals surface area contributed by atoms with Gasteiger partial charge in [-0.1, -0.05) is 36.9 Å². The molecule has 4 heteroatoms. The van der Waals surface area contributed by atoms with Gasteiger partial charge in [0.1, 0.15) is 12.7 Å². The third-order valence-electron chi connectivity index (χ3n) is 2.23. The minimum Gasteiger partial charge on any atom is -0.459 e. The second-order valence-corrected chi connectivity index (χ2v) is 4.02. The molecule has 1 heterocycles. The van der Waals surface area contributed by atoms with Crippen LogP contribution in [0.25, 0.3) is 0 Å². The van der Waals surface area contributed by atoms with E-state index in [-0.39, 0.29) is 12.1 Å². The summed E-state index contributed by atoms with van der Waals surface area (Å²) in [6.07, 6.45) is 0.142. The summed E-state index contributed by atoms with van der Waals surface area (Å²) in [5, 5.41) is 0. The molecule has 0 saturated carbocycles. The number of esters is 1. The Morgan fingerprint density at radius 3 is 2.50 bits per heavy atom. The summed E-state index contributed by atoms with van der Waals surface area (Å²) in [4.78, 5) is 10.7. The van der Waals surface area contributed by atoms with Gasteiger partial charge in [0, 0.05) is 12.1 Å². The standard InChI is InChI=1S/C7H9N.C7H10O3/c8-6-7-4-2-1-3-5-7;1-5(2)7(8)10-4-6-3-9-6/h1-5H,6,8H2;6H,1,3-4H2,2H3. The van der Waals surface area contributed by atoms with Gasteiger partial charge in [-0.15, -0.1) is 0 Å². The number of benzene rings is 1. The molecule has 1 aromatic rings. The second kappa shape index (κ2) is 7.63. The maximum Gasteiger partial charge on any atom is 0.333 e. The molecule has 2 rings (SSSR count). The van der Waals surface area contributed by atoms with Crippen LogP contribution in [0.2, 0.25) is 0 Å². The maximum atomic E-state index is 10.7. The highest BCUT2D eigenvalue weighted by atomic mass is 16.6. The van der Waals surface area contributed by atoms with Crippen molar-refractivity contribution in [2.24, 2.45) is 5.73 Å². The lowest BCUT2D eigenvalue weighted by Gasteiger charge is -1.99. The molecule has 2 N–H and O–H groups in total. The number of nitrogens with two attached hydrogens (primary N) is 1. The van der Waals surface area contributed by atoms with Gasteiger partial charge >= 0.3 is 5.97 Å². The molecule has 0 aliphatic carbocycles. The van der Waals surface area contributed by atoms with E-state index in [0.717, 1.165) is 0 Å². The molecule has 1 aliphatic heterocycles. The fraction of sp³-hybridized carbons (Fsp3) is 0.357. The molecule has 0 spiro atoms. The Bertz CT molecular complexity index is 385. The molecule has 1 atom stereocenters. The smallest absolute Gasteiger partial charge is 0.333 e. The van der Waals surface area contributed by atoms with E-state index in [1.807, 2.05) is 30.3 Å². The zero-order valence-corrected chi connectivity index (χ0v) is 10.6. The van der Waals surface area contributed by atoms with Crippen LogP contribution in [0.15, 0.2) is 42.5 Å². The molecule has 1 aliphatic rings. The first-order valence-corrected chi connectivity index (χ1v) is 5.81. The fourth-order valence-electron chi connectivity index (χ4n) is 1.07. The van der Waals surface area contributed by atoms with Crippen LogP contribution >= 0.6 is 0 Å². The van der Waals surface area contributed by atoms with Crippen molar-refractivity contribution in [3.8, 4) is 0 Å². The monoisotopic (exact) mass is 249 g/mol. The van der Waals surface area contributed by atoms with E-state index in [9.17, 15) is 4.79 Å². The molecule has 1 saturated heterocycles. The predicted octanol–water partition coefficient (Wildman–Crippen LogP) is 1.65. The number of epoxide rings is 1. The summed E-state index contributed by atoms with van der Waals surface area (Å²) in [6, 6.07) is 9.99. The molecular formula is C14H19NO3. The van der Waals surface area contributed by atoms with Crippen molar-refractivity contribution in [2.45, 2.75) is 19.6 Å². The van der Waals surface area contributed by atoms with Crippen molar-refractivity contribution in [1.29, 1.82) is 0 Å². The number of hydrogen-bond donors (Lipinski definition) is 1. The first kappa shape index (κ1) is 14.4. The number of rotatable bonds is 4. The molecule has 1 unspecified atom stereocenters. The van der Waals surface area contributed by atoms with Crippen molar-refractivity contribution < 1.29 is 14.3 Å². The number of carbonyl (C=O) groups excluding carboxylic acids is 1. The third kappa shape index (κ3) is 6.18. The van der Waals surface area contributed by atoms with Crippen molar-refractivity contribution >= 4 is 5.97 Å². The van der Waals surface area contributed by atoms with E-state index in [1.54, 1.807) is 6.92 Å². The molecule has 1 aromatic carbocycles. The van der Waals surface area contributed by atoms with Crippen LogP contribution in [-0.4, -0.2) is 25.3 Å². The van der Waals surface area contributed by atoms with E-state index in [4.69, 9.17) is 15.2 Å². The molecule has 0 radical (unpaired) electrons. The van der Waals surface area contributed by atoms with Crippen molar-refractivity contribution in [3.05, 3.63) is 48.0 Å². The van der Waals surface area contributed by atoms with Gasteiger partial charge in [-0.2, -0.15) is 0 Å². The Balaban J connectivity index is 0.000000184. The molecule has 0 aromatic heterocycles. The van der Waals surface area contributed by atoms with E-state index in [2.05, 4.69) is 6.58 Å². The topological polar surface area (TPSA) is 64.8 Å². The Morgan fingerprint density at radius 2 is 2.11 bits per heavy atom. The summed E-state index contributed by atoms with van der Waals surface area (Å²) < 4.78 is 9.60. The summed E-state index contributed by atoms with van der Waals surface area (Å²) in [6.45, 7) is 6.78. The largest absolute Gasteiger partial charge is 0.459 e. The van der Waals surface area contributed by atoms with Gasteiger partial charge in [-0.05, 0) is 12.5 Å². The lowest BCUT2D eigenvalue weighted by Crippen LogP contribution is -2.09. The highest BCUT2D eigenvalue weighted by Crippen LogP contribution is 2.09. The highest BCUT2D eigenvalue weighted by Gasteiger charge is 2.24. The van der Waals surface area contributed by atoms with Crippen molar-refractivity contribution in [3.63, 3.8) is 0 Å². The summed E-state index contributed by atoms with van der Waals surface area (Å²) in [7, 11) is 0. The maximum absolute atomic E-state index is 10.7. The van der Waals surface area contributed by atoms with Gasteiger partial charge in [0.2, 0.25) is 0 Å². The van der Waals surface area contributed by atoms with Crippen LogP contribution in [0.4, 0.5) is 0 Å². The lowest BCUT2D eigenvalue weighted by molar-refractivity contribution is -0.139. The molecule has 0 amide bonds. The molecule has 0 bridgehead atoms. The van der Waals surface area contributed by atoms with Crippen LogP contribution in [0, 0.1) is 0 Å². The van der Waals surface area contributed by atoms with Crippen LogP contribution in [-0.2, 0) is 20.8 Å². The SMILES string of the molecule is C=C(C)C(=O)OCC1CO1.NCc1ccccc1. The Labute approximate surface area is 107 Å². The van der Waals surface area contributed by atoms with E-state index in [0.29, 0.717) is 25.3 Å². The van der Waals surface area contributed by atoms with Crippen molar-refractivity contribution in [1.82, 2.24) is 0 Å². The second-order valence-electron chi connectivity index (χ2n) is 4.02. The Morgan fingerprint density at radius 1 is 1.50 bits per heavy atom. The minimum atomic E-state index is -0.337.